The van der Waals surface area contributed by atoms with Gasteiger partial charge in [-0.2, -0.15) is 0 Å². The van der Waals surface area contributed by atoms with E-state index in [1.165, 1.54) is 25.7 Å². The monoisotopic (exact) mass is 307 g/mol. The second kappa shape index (κ2) is 5.04. The number of hydrogen-bond donors (Lipinski definition) is 1. The van der Waals surface area contributed by atoms with Crippen LogP contribution in [0.25, 0.3) is 0 Å². The van der Waals surface area contributed by atoms with E-state index in [9.17, 15) is 4.79 Å². The van der Waals surface area contributed by atoms with Crippen molar-refractivity contribution in [1.82, 2.24) is 5.32 Å². The van der Waals surface area contributed by atoms with Gasteiger partial charge in [0.2, 0.25) is 5.91 Å². The molecule has 96 valence electrons. The van der Waals surface area contributed by atoms with E-state index in [0.717, 1.165) is 21.9 Å². The minimum atomic E-state index is 0.172. The van der Waals surface area contributed by atoms with Crippen LogP contribution in [0.1, 0.15) is 31.2 Å². The summed E-state index contributed by atoms with van der Waals surface area (Å²) in [5.41, 5.74) is 1.07. The van der Waals surface area contributed by atoms with Crippen LogP contribution >= 0.6 is 15.9 Å². The highest BCUT2D eigenvalue weighted by Crippen LogP contribution is 2.44. The summed E-state index contributed by atoms with van der Waals surface area (Å²) in [5, 5.41) is 3.22. The number of benzene rings is 1. The summed E-state index contributed by atoms with van der Waals surface area (Å²) < 4.78 is 1.03. The Labute approximate surface area is 116 Å². The van der Waals surface area contributed by atoms with Gasteiger partial charge in [0.1, 0.15) is 0 Å². The van der Waals surface area contributed by atoms with Crippen LogP contribution < -0.4 is 5.32 Å². The van der Waals surface area contributed by atoms with Crippen molar-refractivity contribution in [2.45, 2.75) is 38.1 Å². The number of nitrogens with one attached hydrogen (secondary N) is 1. The maximum absolute atomic E-state index is 12.0. The lowest BCUT2D eigenvalue weighted by Crippen LogP contribution is -2.39. The van der Waals surface area contributed by atoms with E-state index >= 15 is 0 Å². The van der Waals surface area contributed by atoms with Crippen LogP contribution in [0.4, 0.5) is 0 Å². The number of hydrogen-bond acceptors (Lipinski definition) is 1. The average Bonchev–Trinajstić information content (AvgIpc) is 2.90. The summed E-state index contributed by atoms with van der Waals surface area (Å²) in [4.78, 5) is 12.0. The van der Waals surface area contributed by atoms with Crippen LogP contribution in [-0.4, -0.2) is 11.9 Å². The zero-order valence-electron chi connectivity index (χ0n) is 10.4. The molecule has 3 rings (SSSR count). The number of fused-ring (bicyclic) bond motifs is 2. The fourth-order valence-corrected chi connectivity index (χ4v) is 3.96. The smallest absolute Gasteiger partial charge is 0.224 e. The van der Waals surface area contributed by atoms with Gasteiger partial charge in [-0.05, 0) is 48.8 Å². The lowest BCUT2D eigenvalue weighted by Gasteiger charge is -2.22. The molecule has 3 atom stereocenters. The zero-order valence-corrected chi connectivity index (χ0v) is 11.9. The Kier molecular flexibility index (Phi) is 3.42. The molecule has 2 aliphatic carbocycles. The van der Waals surface area contributed by atoms with Crippen molar-refractivity contribution in [1.29, 1.82) is 0 Å². The molecule has 1 N–H and O–H groups in total. The minimum Gasteiger partial charge on any atom is -0.353 e. The van der Waals surface area contributed by atoms with E-state index in [-0.39, 0.29) is 5.91 Å². The van der Waals surface area contributed by atoms with Crippen LogP contribution in [0.5, 0.6) is 0 Å². The predicted molar refractivity (Wildman–Crippen MR) is 75.2 cm³/mol. The van der Waals surface area contributed by atoms with Crippen LogP contribution in [0, 0.1) is 11.8 Å². The summed E-state index contributed by atoms with van der Waals surface area (Å²) in [5.74, 6) is 1.80. The normalized spacial score (nSPS) is 29.5. The molecule has 0 aromatic heterocycles. The van der Waals surface area contributed by atoms with Gasteiger partial charge >= 0.3 is 0 Å². The van der Waals surface area contributed by atoms with Crippen LogP contribution in [0.3, 0.4) is 0 Å². The van der Waals surface area contributed by atoms with Gasteiger partial charge in [-0.15, -0.1) is 0 Å². The summed E-state index contributed by atoms with van der Waals surface area (Å²) in [6.45, 7) is 0. The molecule has 1 aromatic carbocycles. The molecule has 1 aromatic rings. The van der Waals surface area contributed by atoms with Crippen molar-refractivity contribution in [3.63, 3.8) is 0 Å². The quantitative estimate of drug-likeness (QED) is 0.912. The van der Waals surface area contributed by atoms with Gasteiger partial charge in [-0.25, -0.2) is 0 Å². The van der Waals surface area contributed by atoms with Gasteiger partial charge in [-0.3, -0.25) is 4.79 Å². The first-order chi connectivity index (χ1) is 8.70. The van der Waals surface area contributed by atoms with Gasteiger partial charge in [0.25, 0.3) is 0 Å². The Morgan fingerprint density at radius 1 is 1.33 bits per heavy atom. The molecule has 3 heteroatoms. The predicted octanol–water partition coefficient (Wildman–Crippen LogP) is 3.30. The molecule has 2 bridgehead atoms. The SMILES string of the molecule is O=C(Cc1cccc(Br)c1)N[C@@H]1C[C@H]2CC[C@H]1C2. The van der Waals surface area contributed by atoms with Crippen molar-refractivity contribution >= 4 is 21.8 Å². The first-order valence-electron chi connectivity index (χ1n) is 6.74. The molecule has 1 amide bonds. The molecule has 2 fully saturated rings. The maximum Gasteiger partial charge on any atom is 0.224 e. The summed E-state index contributed by atoms with van der Waals surface area (Å²) >= 11 is 3.44. The van der Waals surface area contributed by atoms with Crippen molar-refractivity contribution in [2.24, 2.45) is 11.8 Å². The molecule has 0 aliphatic heterocycles. The fourth-order valence-electron chi connectivity index (χ4n) is 3.51. The Balaban J connectivity index is 1.56. The van der Waals surface area contributed by atoms with Crippen molar-refractivity contribution < 1.29 is 4.79 Å². The van der Waals surface area contributed by atoms with Crippen molar-refractivity contribution in [3.05, 3.63) is 34.3 Å². The topological polar surface area (TPSA) is 29.1 Å². The van der Waals surface area contributed by atoms with Gasteiger partial charge in [-0.1, -0.05) is 34.5 Å². The molecule has 18 heavy (non-hydrogen) atoms. The molecule has 0 spiro atoms. The van der Waals surface area contributed by atoms with E-state index in [4.69, 9.17) is 0 Å². The third-order valence-corrected chi connectivity index (χ3v) is 4.83. The number of amides is 1. The highest BCUT2D eigenvalue weighted by atomic mass is 79.9. The highest BCUT2D eigenvalue weighted by molar-refractivity contribution is 9.10. The van der Waals surface area contributed by atoms with Gasteiger partial charge in [0, 0.05) is 10.5 Å². The van der Waals surface area contributed by atoms with Gasteiger partial charge in [0.15, 0.2) is 0 Å². The van der Waals surface area contributed by atoms with Gasteiger partial charge < -0.3 is 5.32 Å². The lowest BCUT2D eigenvalue weighted by molar-refractivity contribution is -0.121. The van der Waals surface area contributed by atoms with Crippen LogP contribution in [0.2, 0.25) is 0 Å². The van der Waals surface area contributed by atoms with Crippen molar-refractivity contribution in [3.8, 4) is 0 Å². The van der Waals surface area contributed by atoms with Crippen LogP contribution in [-0.2, 0) is 11.2 Å². The lowest BCUT2D eigenvalue weighted by atomic mass is 9.95. The molecule has 0 unspecified atom stereocenters. The standard InChI is InChI=1S/C15H18BrNO/c16-13-3-1-2-10(7-13)9-15(18)17-14-8-11-4-5-12(14)6-11/h1-3,7,11-12,14H,4-6,8-9H2,(H,17,18)/t11-,12-,14+/m0/s1. The third kappa shape index (κ3) is 2.61. The van der Waals surface area contributed by atoms with E-state index in [2.05, 4.69) is 21.2 Å². The number of carbonyl (C=O) groups excluding carboxylic acids is 1. The van der Waals surface area contributed by atoms with Gasteiger partial charge in [0.05, 0.1) is 6.42 Å². The minimum absolute atomic E-state index is 0.172. The maximum atomic E-state index is 12.0. The molecule has 0 radical (unpaired) electrons. The first kappa shape index (κ1) is 12.2. The molecule has 0 heterocycles. The van der Waals surface area contributed by atoms with Crippen molar-refractivity contribution in [2.75, 3.05) is 0 Å². The largest absolute Gasteiger partial charge is 0.353 e. The van der Waals surface area contributed by atoms with E-state index in [1.807, 2.05) is 24.3 Å². The Morgan fingerprint density at radius 3 is 2.89 bits per heavy atom. The second-order valence-corrected chi connectivity index (χ2v) is 6.57. The Bertz CT molecular complexity index is 460. The molecule has 2 nitrogen and oxygen atoms in total. The molecule has 2 aliphatic rings. The third-order valence-electron chi connectivity index (χ3n) is 4.34. The number of carbonyl (C=O) groups is 1. The average molecular weight is 308 g/mol. The Morgan fingerprint density at radius 2 is 2.22 bits per heavy atom. The van der Waals surface area contributed by atoms with E-state index in [1.54, 1.807) is 0 Å². The van der Waals surface area contributed by atoms with E-state index in [0.29, 0.717) is 12.5 Å². The number of rotatable bonds is 3. The molecule has 0 saturated heterocycles. The molecular weight excluding hydrogens is 290 g/mol. The first-order valence-corrected chi connectivity index (χ1v) is 7.54. The second-order valence-electron chi connectivity index (χ2n) is 5.66. The van der Waals surface area contributed by atoms with Crippen LogP contribution in [0.15, 0.2) is 28.7 Å². The fraction of sp³-hybridized carbons (Fsp3) is 0.533. The number of halogens is 1. The zero-order chi connectivity index (χ0) is 12.5. The van der Waals surface area contributed by atoms with E-state index < -0.39 is 0 Å². The Hall–Kier alpha value is -0.830. The highest BCUT2D eigenvalue weighted by Gasteiger charge is 2.39. The molecular formula is C15H18BrNO. The molecule has 2 saturated carbocycles. The summed E-state index contributed by atoms with van der Waals surface area (Å²) in [6.07, 6.45) is 5.72. The summed E-state index contributed by atoms with van der Waals surface area (Å²) in [7, 11) is 0. The summed E-state index contributed by atoms with van der Waals surface area (Å²) in [6, 6.07) is 8.43.